The Labute approximate surface area is 71.7 Å². The average Bonchev–Trinajstić information content (AvgIpc) is 2.30. The summed E-state index contributed by atoms with van der Waals surface area (Å²) in [4.78, 5) is 2.53. The van der Waals surface area contributed by atoms with Crippen LogP contribution in [0.15, 0.2) is 0 Å². The third kappa shape index (κ3) is 1.47. The Bertz CT molecular complexity index is 226. The number of aliphatic hydroxyl groups is 1. The van der Waals surface area contributed by atoms with Gasteiger partial charge in [-0.05, 0) is 31.4 Å². The maximum absolute atomic E-state index is 8.96. The summed E-state index contributed by atoms with van der Waals surface area (Å²) >= 11 is 1.74. The van der Waals surface area contributed by atoms with Crippen LogP contribution in [0, 0.1) is 13.8 Å². The van der Waals surface area contributed by atoms with Gasteiger partial charge < -0.3 is 5.11 Å². The van der Waals surface area contributed by atoms with E-state index in [0.717, 1.165) is 11.3 Å². The molecule has 0 saturated heterocycles. The highest BCUT2D eigenvalue weighted by Gasteiger charge is 2.08. The fourth-order valence-corrected chi connectivity index (χ4v) is 2.33. The summed E-state index contributed by atoms with van der Waals surface area (Å²) in [6.45, 7) is 6.55. The molecule has 0 fully saturated rings. The second-order valence-electron chi connectivity index (χ2n) is 2.71. The van der Waals surface area contributed by atoms with Gasteiger partial charge in [-0.15, -0.1) is 11.3 Å². The fourth-order valence-electron chi connectivity index (χ4n) is 1.21. The summed E-state index contributed by atoms with van der Waals surface area (Å²) in [5.41, 5.74) is 2.64. The van der Waals surface area contributed by atoms with Crippen molar-refractivity contribution < 1.29 is 5.11 Å². The van der Waals surface area contributed by atoms with Crippen LogP contribution in [0.1, 0.15) is 27.8 Å². The molecule has 11 heavy (non-hydrogen) atoms. The van der Waals surface area contributed by atoms with Crippen molar-refractivity contribution >= 4 is 11.3 Å². The molecular weight excluding hydrogens is 156 g/mol. The van der Waals surface area contributed by atoms with E-state index in [0.29, 0.717) is 0 Å². The van der Waals surface area contributed by atoms with E-state index < -0.39 is 0 Å². The van der Waals surface area contributed by atoms with Gasteiger partial charge in [0.2, 0.25) is 0 Å². The Morgan fingerprint density at radius 1 is 1.18 bits per heavy atom. The largest absolute Gasteiger partial charge is 0.391 e. The van der Waals surface area contributed by atoms with Crippen molar-refractivity contribution in [3.63, 3.8) is 0 Å². The van der Waals surface area contributed by atoms with Crippen molar-refractivity contribution in [1.82, 2.24) is 0 Å². The Kier molecular flexibility index (Phi) is 2.68. The van der Waals surface area contributed by atoms with Crippen molar-refractivity contribution in [2.24, 2.45) is 0 Å². The van der Waals surface area contributed by atoms with Gasteiger partial charge in [0.25, 0.3) is 0 Å². The van der Waals surface area contributed by atoms with Crippen LogP contribution in [-0.2, 0) is 13.0 Å². The number of hydrogen-bond donors (Lipinski definition) is 1. The predicted molar refractivity (Wildman–Crippen MR) is 49.1 cm³/mol. The minimum atomic E-state index is 0.192. The summed E-state index contributed by atoms with van der Waals surface area (Å²) < 4.78 is 0. The highest BCUT2D eigenvalue weighted by Crippen LogP contribution is 2.27. The Morgan fingerprint density at radius 3 is 2.00 bits per heavy atom. The quantitative estimate of drug-likeness (QED) is 0.722. The molecule has 0 aliphatic rings. The predicted octanol–water partition coefficient (Wildman–Crippen LogP) is 2.42. The molecule has 0 radical (unpaired) electrons. The molecule has 0 aromatic carbocycles. The molecule has 0 spiro atoms. The third-order valence-corrected chi connectivity index (χ3v) is 3.63. The van der Waals surface area contributed by atoms with Gasteiger partial charge in [-0.25, -0.2) is 0 Å². The highest BCUT2D eigenvalue weighted by atomic mass is 32.1. The molecule has 0 atom stereocenters. The second kappa shape index (κ2) is 3.37. The van der Waals surface area contributed by atoms with E-state index in [1.54, 1.807) is 11.3 Å². The van der Waals surface area contributed by atoms with Gasteiger partial charge >= 0.3 is 0 Å². The zero-order valence-corrected chi connectivity index (χ0v) is 8.09. The molecule has 1 N–H and O–H groups in total. The van der Waals surface area contributed by atoms with Crippen LogP contribution in [0.4, 0.5) is 0 Å². The summed E-state index contributed by atoms with van der Waals surface area (Å²) in [5.74, 6) is 0. The van der Waals surface area contributed by atoms with Crippen LogP contribution >= 0.6 is 11.3 Å². The van der Waals surface area contributed by atoms with Gasteiger partial charge in [0.15, 0.2) is 0 Å². The number of thiophene rings is 1. The van der Waals surface area contributed by atoms with Gasteiger partial charge in [-0.3, -0.25) is 0 Å². The van der Waals surface area contributed by atoms with Crippen molar-refractivity contribution in [1.29, 1.82) is 0 Å². The molecule has 2 heteroatoms. The summed E-state index contributed by atoms with van der Waals surface area (Å²) in [5, 5.41) is 8.96. The van der Waals surface area contributed by atoms with Crippen LogP contribution < -0.4 is 0 Å². The first-order valence-electron chi connectivity index (χ1n) is 3.89. The molecule has 62 valence electrons. The third-order valence-electron chi connectivity index (χ3n) is 2.11. The summed E-state index contributed by atoms with van der Waals surface area (Å²) in [6.07, 6.45) is 1.08. The lowest BCUT2D eigenvalue weighted by Crippen LogP contribution is -1.82. The Morgan fingerprint density at radius 2 is 1.73 bits per heavy atom. The lowest BCUT2D eigenvalue weighted by molar-refractivity contribution is 0.285. The maximum Gasteiger partial charge on any atom is 0.0777 e. The molecule has 0 aliphatic carbocycles. The molecule has 1 heterocycles. The number of aliphatic hydroxyl groups excluding tert-OH is 1. The Hall–Kier alpha value is -0.340. The Balaban J connectivity index is 3.12. The zero-order chi connectivity index (χ0) is 8.43. The van der Waals surface area contributed by atoms with Crippen molar-refractivity contribution in [3.05, 3.63) is 20.9 Å². The van der Waals surface area contributed by atoms with Crippen LogP contribution in [-0.4, -0.2) is 5.11 Å². The standard InChI is InChI=1S/C9H14OS/c1-4-8-6(2)7(3)9(5-10)11-8/h10H,4-5H2,1-3H3. The molecular formula is C9H14OS. The SMILES string of the molecule is CCc1sc(CO)c(C)c1C. The summed E-state index contributed by atoms with van der Waals surface area (Å²) in [6, 6.07) is 0. The summed E-state index contributed by atoms with van der Waals surface area (Å²) in [7, 11) is 0. The molecule has 1 rings (SSSR count). The molecule has 1 nitrogen and oxygen atoms in total. The van der Waals surface area contributed by atoms with Crippen LogP contribution in [0.5, 0.6) is 0 Å². The lowest BCUT2D eigenvalue weighted by Gasteiger charge is -1.93. The average molecular weight is 170 g/mol. The van der Waals surface area contributed by atoms with E-state index in [2.05, 4.69) is 20.8 Å². The van der Waals surface area contributed by atoms with Crippen LogP contribution in [0.25, 0.3) is 0 Å². The molecule has 0 unspecified atom stereocenters. The van der Waals surface area contributed by atoms with Crippen molar-refractivity contribution in [2.45, 2.75) is 33.8 Å². The number of aryl methyl sites for hydroxylation is 1. The number of hydrogen-bond acceptors (Lipinski definition) is 2. The van der Waals surface area contributed by atoms with Gasteiger partial charge in [-0.2, -0.15) is 0 Å². The smallest absolute Gasteiger partial charge is 0.0777 e. The topological polar surface area (TPSA) is 20.2 Å². The van der Waals surface area contributed by atoms with Gasteiger partial charge in [-0.1, -0.05) is 6.92 Å². The second-order valence-corrected chi connectivity index (χ2v) is 3.90. The first-order valence-corrected chi connectivity index (χ1v) is 4.71. The highest BCUT2D eigenvalue weighted by molar-refractivity contribution is 7.12. The minimum absolute atomic E-state index is 0.192. The maximum atomic E-state index is 8.96. The van der Waals surface area contributed by atoms with E-state index in [1.807, 2.05) is 0 Å². The lowest BCUT2D eigenvalue weighted by atomic mass is 10.1. The van der Waals surface area contributed by atoms with Crippen LogP contribution in [0.3, 0.4) is 0 Å². The molecule has 1 aromatic heterocycles. The normalized spacial score (nSPS) is 10.5. The molecule has 0 amide bonds. The molecule has 0 saturated carbocycles. The van der Waals surface area contributed by atoms with E-state index in [4.69, 9.17) is 5.11 Å². The van der Waals surface area contributed by atoms with Crippen molar-refractivity contribution in [3.8, 4) is 0 Å². The first-order chi connectivity index (χ1) is 5.20. The number of rotatable bonds is 2. The van der Waals surface area contributed by atoms with E-state index in [9.17, 15) is 0 Å². The van der Waals surface area contributed by atoms with Crippen LogP contribution in [0.2, 0.25) is 0 Å². The van der Waals surface area contributed by atoms with E-state index in [1.165, 1.54) is 16.0 Å². The first kappa shape index (κ1) is 8.75. The fraction of sp³-hybridized carbons (Fsp3) is 0.556. The van der Waals surface area contributed by atoms with E-state index >= 15 is 0 Å². The monoisotopic (exact) mass is 170 g/mol. The molecule has 0 bridgehead atoms. The van der Waals surface area contributed by atoms with Gasteiger partial charge in [0.1, 0.15) is 0 Å². The van der Waals surface area contributed by atoms with Gasteiger partial charge in [0.05, 0.1) is 6.61 Å². The molecule has 1 aromatic rings. The zero-order valence-electron chi connectivity index (χ0n) is 7.27. The van der Waals surface area contributed by atoms with Crippen molar-refractivity contribution in [2.75, 3.05) is 0 Å². The minimum Gasteiger partial charge on any atom is -0.391 e. The molecule has 0 aliphatic heterocycles. The van der Waals surface area contributed by atoms with Gasteiger partial charge in [0, 0.05) is 9.75 Å². The van der Waals surface area contributed by atoms with E-state index in [-0.39, 0.29) is 6.61 Å².